The summed E-state index contributed by atoms with van der Waals surface area (Å²) in [6, 6.07) is 19.5. The van der Waals surface area contributed by atoms with Crippen LogP contribution in [0, 0.1) is 23.0 Å². The van der Waals surface area contributed by atoms with Gasteiger partial charge in [-0.2, -0.15) is 5.26 Å². The molecule has 6 heteroatoms. The van der Waals surface area contributed by atoms with Crippen molar-refractivity contribution in [1.29, 1.82) is 5.26 Å². The molecule has 0 fully saturated rings. The van der Waals surface area contributed by atoms with Gasteiger partial charge < -0.3 is 10.4 Å². The summed E-state index contributed by atoms with van der Waals surface area (Å²) in [7, 11) is 0. The van der Waals surface area contributed by atoms with Gasteiger partial charge >= 0.3 is 0 Å². The van der Waals surface area contributed by atoms with Gasteiger partial charge in [0, 0.05) is 23.0 Å². The molecule has 3 aromatic rings. The first kappa shape index (κ1) is 23.9. The second-order valence-electron chi connectivity index (χ2n) is 8.05. The number of hydrogen-bond acceptors (Lipinski definition) is 3. The van der Waals surface area contributed by atoms with E-state index < -0.39 is 23.8 Å². The van der Waals surface area contributed by atoms with Crippen LogP contribution in [0.1, 0.15) is 48.1 Å². The third-order valence-electron chi connectivity index (χ3n) is 5.59. The summed E-state index contributed by atoms with van der Waals surface area (Å²) in [6.07, 6.45) is -0.246. The van der Waals surface area contributed by atoms with E-state index in [9.17, 15) is 19.1 Å². The molecule has 0 aliphatic carbocycles. The molecule has 4 unspecified atom stereocenters. The van der Waals surface area contributed by atoms with Crippen LogP contribution in [0.2, 0.25) is 5.02 Å². The maximum absolute atomic E-state index is 13.8. The Labute approximate surface area is 192 Å². The highest BCUT2D eigenvalue weighted by molar-refractivity contribution is 6.30. The molecular weight excluding hydrogens is 430 g/mol. The molecule has 0 spiro atoms. The molecule has 0 aliphatic rings. The van der Waals surface area contributed by atoms with Crippen molar-refractivity contribution in [3.8, 4) is 6.07 Å². The van der Waals surface area contributed by atoms with Crippen molar-refractivity contribution in [2.24, 2.45) is 0 Å². The zero-order valence-corrected chi connectivity index (χ0v) is 18.7. The van der Waals surface area contributed by atoms with Crippen LogP contribution in [0.5, 0.6) is 0 Å². The second-order valence-corrected chi connectivity index (χ2v) is 8.49. The first-order valence-corrected chi connectivity index (χ1v) is 10.8. The second kappa shape index (κ2) is 10.7. The quantitative estimate of drug-likeness (QED) is 0.444. The van der Waals surface area contributed by atoms with Gasteiger partial charge in [0.05, 0.1) is 23.8 Å². The van der Waals surface area contributed by atoms with Crippen LogP contribution in [-0.4, -0.2) is 17.3 Å². The highest BCUT2D eigenvalue weighted by Crippen LogP contribution is 2.29. The Kier molecular flexibility index (Phi) is 7.98. The largest absolute Gasteiger partial charge is 0.391 e. The van der Waals surface area contributed by atoms with Crippen molar-refractivity contribution in [1.82, 2.24) is 5.32 Å². The summed E-state index contributed by atoms with van der Waals surface area (Å²) in [5, 5.41) is 23.7. The van der Waals surface area contributed by atoms with E-state index >= 15 is 0 Å². The Balaban J connectivity index is 1.94. The van der Waals surface area contributed by atoms with Crippen LogP contribution in [0.25, 0.3) is 0 Å². The van der Waals surface area contributed by atoms with Gasteiger partial charge in [0.15, 0.2) is 0 Å². The van der Waals surface area contributed by atoms with Gasteiger partial charge in [-0.25, -0.2) is 8.78 Å². The van der Waals surface area contributed by atoms with Gasteiger partial charge in [0.2, 0.25) is 0 Å². The third-order valence-corrected chi connectivity index (χ3v) is 5.84. The Bertz CT molecular complexity index is 1080. The molecule has 0 saturated carbocycles. The van der Waals surface area contributed by atoms with E-state index in [-0.39, 0.29) is 12.0 Å². The minimum Gasteiger partial charge on any atom is -0.391 e. The maximum atomic E-state index is 13.8. The summed E-state index contributed by atoms with van der Waals surface area (Å²) in [4.78, 5) is 0. The van der Waals surface area contributed by atoms with Gasteiger partial charge in [-0.1, -0.05) is 35.9 Å². The van der Waals surface area contributed by atoms with E-state index in [1.54, 1.807) is 13.0 Å². The molecule has 0 aliphatic heterocycles. The Morgan fingerprint density at radius 1 is 0.969 bits per heavy atom. The number of nitrogens with zero attached hydrogens (tertiary/aromatic N) is 1. The van der Waals surface area contributed by atoms with E-state index in [4.69, 9.17) is 11.6 Å². The van der Waals surface area contributed by atoms with Crippen LogP contribution in [0.15, 0.2) is 66.7 Å². The lowest BCUT2D eigenvalue weighted by molar-refractivity contribution is 0.136. The fourth-order valence-electron chi connectivity index (χ4n) is 3.96. The number of nitriles is 1. The van der Waals surface area contributed by atoms with Crippen molar-refractivity contribution in [2.75, 3.05) is 0 Å². The molecule has 32 heavy (non-hydrogen) atoms. The molecule has 3 nitrogen and oxygen atoms in total. The molecule has 3 rings (SSSR count). The molecule has 2 N–H and O–H groups in total. The maximum Gasteiger partial charge on any atom is 0.126 e. The fraction of sp³-hybridized carbons (Fsp3) is 0.269. The van der Waals surface area contributed by atoms with Gasteiger partial charge in [-0.3, -0.25) is 0 Å². The standard InChI is InChI=1S/C26H25ClF2N2O/c1-16(31-26(17(2)32)21-12-23(28)14-24(29)13-21)25(11-18-6-8-22(27)9-7-18)20-5-3-4-19(10-20)15-30/h3-10,12-14,16-17,25-26,31-32H,11H2,1-2H3. The minimum atomic E-state index is -0.889. The number of rotatable bonds is 8. The van der Waals surface area contributed by atoms with E-state index in [1.807, 2.05) is 49.4 Å². The molecule has 0 amide bonds. The third kappa shape index (κ3) is 6.14. The molecule has 0 bridgehead atoms. The topological polar surface area (TPSA) is 56.0 Å². The van der Waals surface area contributed by atoms with E-state index in [0.717, 1.165) is 17.2 Å². The lowest BCUT2D eigenvalue weighted by Gasteiger charge is -2.32. The number of benzene rings is 3. The number of aliphatic hydroxyl groups excluding tert-OH is 1. The molecule has 0 saturated heterocycles. The zero-order chi connectivity index (χ0) is 23.3. The average molecular weight is 455 g/mol. The molecule has 0 aromatic heterocycles. The molecule has 3 aromatic carbocycles. The van der Waals surface area contributed by atoms with Crippen molar-refractivity contribution in [3.63, 3.8) is 0 Å². The van der Waals surface area contributed by atoms with E-state index in [0.29, 0.717) is 22.6 Å². The first-order chi connectivity index (χ1) is 15.3. The molecule has 4 atom stereocenters. The lowest BCUT2D eigenvalue weighted by atomic mass is 9.85. The van der Waals surface area contributed by atoms with Crippen LogP contribution in [-0.2, 0) is 6.42 Å². The Hall–Kier alpha value is -2.78. The number of aliphatic hydroxyl groups is 1. The number of halogens is 3. The molecule has 0 radical (unpaired) electrons. The van der Waals surface area contributed by atoms with Gasteiger partial charge in [-0.15, -0.1) is 0 Å². The van der Waals surface area contributed by atoms with Crippen LogP contribution in [0.3, 0.4) is 0 Å². The predicted octanol–water partition coefficient (Wildman–Crippen LogP) is 5.92. The molecule has 166 valence electrons. The SMILES string of the molecule is CC(O)C(NC(C)C(Cc1ccc(Cl)cc1)c1cccc(C#N)c1)c1cc(F)cc(F)c1. The van der Waals surface area contributed by atoms with Crippen LogP contribution < -0.4 is 5.32 Å². The van der Waals surface area contributed by atoms with Gasteiger partial charge in [0.25, 0.3) is 0 Å². The van der Waals surface area contributed by atoms with Crippen molar-refractivity contribution < 1.29 is 13.9 Å². The summed E-state index contributed by atoms with van der Waals surface area (Å²) in [5.41, 5.74) is 2.89. The summed E-state index contributed by atoms with van der Waals surface area (Å²) >= 11 is 6.03. The monoisotopic (exact) mass is 454 g/mol. The lowest BCUT2D eigenvalue weighted by Crippen LogP contribution is -2.40. The normalized spacial score (nSPS) is 14.9. The highest BCUT2D eigenvalue weighted by Gasteiger charge is 2.26. The number of nitrogens with one attached hydrogen (secondary N) is 1. The van der Waals surface area contributed by atoms with Gasteiger partial charge in [0.1, 0.15) is 11.6 Å². The fourth-order valence-corrected chi connectivity index (χ4v) is 4.09. The smallest absolute Gasteiger partial charge is 0.126 e. The minimum absolute atomic E-state index is 0.0795. The Morgan fingerprint density at radius 2 is 1.62 bits per heavy atom. The highest BCUT2D eigenvalue weighted by atomic mass is 35.5. The summed E-state index contributed by atoms with van der Waals surface area (Å²) in [5.74, 6) is -1.47. The van der Waals surface area contributed by atoms with Gasteiger partial charge in [-0.05, 0) is 73.4 Å². The van der Waals surface area contributed by atoms with Crippen LogP contribution >= 0.6 is 11.6 Å². The van der Waals surface area contributed by atoms with Crippen molar-refractivity contribution >= 4 is 11.6 Å². The van der Waals surface area contributed by atoms with Crippen molar-refractivity contribution in [2.45, 2.75) is 44.4 Å². The van der Waals surface area contributed by atoms with Crippen LogP contribution in [0.4, 0.5) is 8.78 Å². The summed E-state index contributed by atoms with van der Waals surface area (Å²) in [6.45, 7) is 3.54. The van der Waals surface area contributed by atoms with Crippen molar-refractivity contribution in [3.05, 3.63) is 106 Å². The zero-order valence-electron chi connectivity index (χ0n) is 17.9. The molecular formula is C26H25ClF2N2O. The van der Waals surface area contributed by atoms with E-state index in [1.165, 1.54) is 12.1 Å². The number of hydrogen-bond donors (Lipinski definition) is 2. The first-order valence-electron chi connectivity index (χ1n) is 10.4. The summed E-state index contributed by atoms with van der Waals surface area (Å²) < 4.78 is 27.7. The Morgan fingerprint density at radius 3 is 2.22 bits per heavy atom. The predicted molar refractivity (Wildman–Crippen MR) is 122 cm³/mol. The molecule has 0 heterocycles. The average Bonchev–Trinajstić information content (AvgIpc) is 2.76. The van der Waals surface area contributed by atoms with E-state index in [2.05, 4.69) is 11.4 Å².